The highest BCUT2D eigenvalue weighted by atomic mass is 35.5. The molecule has 4 rings (SSSR count). The monoisotopic (exact) mass is 488 g/mol. The summed E-state index contributed by atoms with van der Waals surface area (Å²) in [4.78, 5) is 31.5. The molecule has 0 radical (unpaired) electrons. The fourth-order valence-corrected chi connectivity index (χ4v) is 4.11. The van der Waals surface area contributed by atoms with E-state index in [2.05, 4.69) is 15.6 Å². The first kappa shape index (κ1) is 22.6. The zero-order chi connectivity index (χ0) is 22.5. The van der Waals surface area contributed by atoms with E-state index >= 15 is 0 Å². The Kier molecular flexibility index (Phi) is 7.29. The van der Waals surface area contributed by atoms with Gasteiger partial charge < -0.3 is 15.5 Å². The lowest BCUT2D eigenvalue weighted by Crippen LogP contribution is -2.35. The predicted molar refractivity (Wildman–Crippen MR) is 129 cm³/mol. The maximum Gasteiger partial charge on any atom is 0.273 e. The second kappa shape index (κ2) is 10.3. The van der Waals surface area contributed by atoms with E-state index in [-0.39, 0.29) is 18.2 Å². The number of halogens is 2. The number of amides is 2. The molecule has 1 saturated carbocycles. The molecule has 2 amide bonds. The van der Waals surface area contributed by atoms with Crippen molar-refractivity contribution >= 4 is 57.2 Å². The standard InChI is InChI=1S/C23H22Cl2N4O2S/c24-18-9-8-17(12-19(18)25)27-23-28-20(14-32-23)22(31)29(13-15-4-2-1-3-5-15)11-10-21(30)26-16-6-7-16/h1-5,8-9,12,14,16H,6-7,10-11,13H2,(H,26,30)(H,27,28). The molecule has 0 spiro atoms. The molecule has 9 heteroatoms. The van der Waals surface area contributed by atoms with Gasteiger partial charge in [0, 0.05) is 36.6 Å². The highest BCUT2D eigenvalue weighted by Gasteiger charge is 2.25. The zero-order valence-corrected chi connectivity index (χ0v) is 19.5. The fraction of sp³-hybridized carbons (Fsp3) is 0.261. The third-order valence-electron chi connectivity index (χ3n) is 4.95. The minimum absolute atomic E-state index is 0.0291. The average Bonchev–Trinajstić information content (AvgIpc) is 3.48. The van der Waals surface area contributed by atoms with Crippen molar-refractivity contribution in [2.75, 3.05) is 11.9 Å². The highest BCUT2D eigenvalue weighted by Crippen LogP contribution is 2.28. The summed E-state index contributed by atoms with van der Waals surface area (Å²) in [7, 11) is 0. The molecule has 1 aliphatic rings. The molecule has 0 aliphatic heterocycles. The molecule has 1 aliphatic carbocycles. The minimum Gasteiger partial charge on any atom is -0.353 e. The summed E-state index contributed by atoms with van der Waals surface area (Å²) >= 11 is 13.4. The predicted octanol–water partition coefficient (Wildman–Crippen LogP) is 5.50. The van der Waals surface area contributed by atoms with Crippen molar-refractivity contribution in [2.24, 2.45) is 0 Å². The number of hydrogen-bond donors (Lipinski definition) is 2. The van der Waals surface area contributed by atoms with Crippen LogP contribution in [0.15, 0.2) is 53.9 Å². The molecular weight excluding hydrogens is 467 g/mol. The second-order valence-corrected chi connectivity index (χ2v) is 9.27. The number of nitrogens with one attached hydrogen (secondary N) is 2. The lowest BCUT2D eigenvalue weighted by Gasteiger charge is -2.22. The van der Waals surface area contributed by atoms with Crippen LogP contribution < -0.4 is 10.6 Å². The van der Waals surface area contributed by atoms with Gasteiger partial charge in [0.2, 0.25) is 5.91 Å². The molecule has 0 saturated heterocycles. The van der Waals surface area contributed by atoms with Crippen LogP contribution in [0.4, 0.5) is 10.8 Å². The number of carbonyl (C=O) groups excluding carboxylic acids is 2. The van der Waals surface area contributed by atoms with Gasteiger partial charge >= 0.3 is 0 Å². The van der Waals surface area contributed by atoms with Gasteiger partial charge in [0.05, 0.1) is 10.0 Å². The van der Waals surface area contributed by atoms with Crippen molar-refractivity contribution in [1.29, 1.82) is 0 Å². The molecule has 1 heterocycles. The van der Waals surface area contributed by atoms with Crippen LogP contribution in [0.2, 0.25) is 10.0 Å². The van der Waals surface area contributed by atoms with Gasteiger partial charge in [-0.2, -0.15) is 0 Å². The Morgan fingerprint density at radius 2 is 1.88 bits per heavy atom. The molecule has 0 atom stereocenters. The van der Waals surface area contributed by atoms with E-state index in [0.717, 1.165) is 24.1 Å². The number of anilines is 2. The van der Waals surface area contributed by atoms with Crippen LogP contribution in [0.25, 0.3) is 0 Å². The summed E-state index contributed by atoms with van der Waals surface area (Å²) in [5.74, 6) is -0.245. The number of rotatable bonds is 9. The normalized spacial score (nSPS) is 12.9. The maximum absolute atomic E-state index is 13.2. The van der Waals surface area contributed by atoms with Crippen molar-refractivity contribution in [3.05, 3.63) is 75.2 Å². The molecular formula is C23H22Cl2N4O2S. The molecule has 1 aromatic heterocycles. The Hall–Kier alpha value is -2.61. The number of nitrogens with zero attached hydrogens (tertiary/aromatic N) is 2. The highest BCUT2D eigenvalue weighted by molar-refractivity contribution is 7.14. The SMILES string of the molecule is O=C(CCN(Cc1ccccc1)C(=O)c1csc(Nc2ccc(Cl)c(Cl)c2)n1)NC1CC1. The topological polar surface area (TPSA) is 74.3 Å². The summed E-state index contributed by atoms with van der Waals surface area (Å²) in [6.45, 7) is 0.725. The summed E-state index contributed by atoms with van der Waals surface area (Å²) < 4.78 is 0. The van der Waals surface area contributed by atoms with Gasteiger partial charge in [-0.05, 0) is 36.6 Å². The first-order valence-electron chi connectivity index (χ1n) is 10.3. The Morgan fingerprint density at radius 1 is 1.09 bits per heavy atom. The Balaban J connectivity index is 1.45. The van der Waals surface area contributed by atoms with E-state index in [4.69, 9.17) is 23.2 Å². The van der Waals surface area contributed by atoms with Gasteiger partial charge in [-0.25, -0.2) is 4.98 Å². The molecule has 166 valence electrons. The second-order valence-electron chi connectivity index (χ2n) is 7.60. The van der Waals surface area contributed by atoms with Crippen LogP contribution in [-0.2, 0) is 11.3 Å². The summed E-state index contributed by atoms with van der Waals surface area (Å²) in [5.41, 5.74) is 2.05. The van der Waals surface area contributed by atoms with Crippen LogP contribution in [-0.4, -0.2) is 34.3 Å². The van der Waals surface area contributed by atoms with Gasteiger partial charge in [-0.1, -0.05) is 53.5 Å². The minimum atomic E-state index is -0.216. The van der Waals surface area contributed by atoms with Crippen molar-refractivity contribution in [2.45, 2.75) is 31.8 Å². The van der Waals surface area contributed by atoms with Crippen LogP contribution in [0, 0.1) is 0 Å². The van der Waals surface area contributed by atoms with Crippen LogP contribution in [0.5, 0.6) is 0 Å². The largest absolute Gasteiger partial charge is 0.353 e. The molecule has 1 fully saturated rings. The van der Waals surface area contributed by atoms with Gasteiger partial charge in [0.25, 0.3) is 5.91 Å². The Morgan fingerprint density at radius 3 is 2.59 bits per heavy atom. The molecule has 2 aromatic carbocycles. The van der Waals surface area contributed by atoms with Crippen molar-refractivity contribution in [1.82, 2.24) is 15.2 Å². The van der Waals surface area contributed by atoms with Gasteiger partial charge in [0.15, 0.2) is 5.13 Å². The fourth-order valence-electron chi connectivity index (χ4n) is 3.11. The summed E-state index contributed by atoms with van der Waals surface area (Å²) in [6.07, 6.45) is 2.32. The summed E-state index contributed by atoms with van der Waals surface area (Å²) in [6, 6.07) is 15.2. The Labute approximate surface area is 200 Å². The first-order chi connectivity index (χ1) is 15.5. The third kappa shape index (κ3) is 6.22. The number of hydrogen-bond acceptors (Lipinski definition) is 5. The lowest BCUT2D eigenvalue weighted by atomic mass is 10.2. The van der Waals surface area contributed by atoms with Crippen molar-refractivity contribution < 1.29 is 9.59 Å². The quantitative estimate of drug-likeness (QED) is 0.416. The van der Waals surface area contributed by atoms with Gasteiger partial charge in [-0.3, -0.25) is 9.59 Å². The number of thiazole rings is 1. The maximum atomic E-state index is 13.2. The molecule has 3 aromatic rings. The number of carbonyl (C=O) groups is 2. The average molecular weight is 489 g/mol. The molecule has 6 nitrogen and oxygen atoms in total. The Bertz CT molecular complexity index is 1100. The van der Waals surface area contributed by atoms with Crippen LogP contribution >= 0.6 is 34.5 Å². The zero-order valence-electron chi connectivity index (χ0n) is 17.2. The van der Waals surface area contributed by atoms with Gasteiger partial charge in [-0.15, -0.1) is 11.3 Å². The van der Waals surface area contributed by atoms with Crippen LogP contribution in [0.3, 0.4) is 0 Å². The van der Waals surface area contributed by atoms with E-state index in [1.165, 1.54) is 11.3 Å². The first-order valence-corrected chi connectivity index (χ1v) is 11.9. The molecule has 0 bridgehead atoms. The van der Waals surface area contributed by atoms with E-state index in [0.29, 0.717) is 40.0 Å². The smallest absolute Gasteiger partial charge is 0.273 e. The lowest BCUT2D eigenvalue weighted by molar-refractivity contribution is -0.121. The van der Waals surface area contributed by atoms with Crippen molar-refractivity contribution in [3.8, 4) is 0 Å². The third-order valence-corrected chi connectivity index (χ3v) is 6.45. The van der Waals surface area contributed by atoms with Crippen molar-refractivity contribution in [3.63, 3.8) is 0 Å². The molecule has 2 N–H and O–H groups in total. The number of aromatic nitrogens is 1. The van der Waals surface area contributed by atoms with E-state index in [1.54, 1.807) is 28.5 Å². The van der Waals surface area contributed by atoms with Gasteiger partial charge in [0.1, 0.15) is 5.69 Å². The summed E-state index contributed by atoms with van der Waals surface area (Å²) in [5, 5.41) is 9.30. The van der Waals surface area contributed by atoms with Crippen LogP contribution in [0.1, 0.15) is 35.3 Å². The van der Waals surface area contributed by atoms with E-state index < -0.39 is 0 Å². The molecule has 32 heavy (non-hydrogen) atoms. The van der Waals surface area contributed by atoms with E-state index in [9.17, 15) is 9.59 Å². The molecule has 0 unspecified atom stereocenters. The number of benzene rings is 2. The van der Waals surface area contributed by atoms with E-state index in [1.807, 2.05) is 30.3 Å².